The summed E-state index contributed by atoms with van der Waals surface area (Å²) in [4.78, 5) is 0. The van der Waals surface area contributed by atoms with Crippen molar-refractivity contribution in [3.05, 3.63) is 24.3 Å². The Morgan fingerprint density at radius 3 is 2.09 bits per heavy atom. The molecule has 1 radical (unpaired) electrons. The van der Waals surface area contributed by atoms with Crippen molar-refractivity contribution in [1.29, 1.82) is 2.73 Å². The van der Waals surface area contributed by atoms with Crippen LogP contribution in [0.2, 0.25) is 0 Å². The molecule has 0 bridgehead atoms. The van der Waals surface area contributed by atoms with Gasteiger partial charge < -0.3 is 0 Å². The SMILES string of the molecule is [2H][As]([2H])([2H])c1ccc([N+](C)(C)C)cc1. The molecule has 1 aromatic carbocycles. The fourth-order valence-corrected chi connectivity index (χ4v) is 1.21. The molecule has 0 amide bonds. The molecule has 0 saturated heterocycles. The first-order valence-corrected chi connectivity index (χ1v) is 4.55. The summed E-state index contributed by atoms with van der Waals surface area (Å²) < 4.78 is 23.5. The average Bonchev–Trinajstić information content (AvgIpc) is 2.01. The van der Waals surface area contributed by atoms with Crippen LogP contribution in [0, 0.1) is 0 Å². The summed E-state index contributed by atoms with van der Waals surface area (Å²) in [5.74, 6) is 0. The Morgan fingerprint density at radius 1 is 1.18 bits per heavy atom. The third-order valence-electron chi connectivity index (χ3n) is 1.62. The van der Waals surface area contributed by atoms with Crippen LogP contribution in [0.25, 0.3) is 0 Å². The molecule has 0 atom stereocenters. The molecule has 0 fully saturated rings. The molecule has 0 aliphatic rings. The van der Waals surface area contributed by atoms with Crippen LogP contribution >= 0.6 is 0 Å². The molecule has 0 aliphatic carbocycles. The normalized spacial score (nSPS) is 16.8. The van der Waals surface area contributed by atoms with Gasteiger partial charge in [0.1, 0.15) is 0 Å². The van der Waals surface area contributed by atoms with E-state index in [0.29, 0.717) is 8.83 Å². The molecule has 0 aliphatic heterocycles. The molecule has 0 aromatic heterocycles. The summed E-state index contributed by atoms with van der Waals surface area (Å²) in [6, 6.07) is 7.31. The average molecular weight is 216 g/mol. The van der Waals surface area contributed by atoms with E-state index < -0.39 is 16.4 Å². The molecule has 0 unspecified atom stereocenters. The van der Waals surface area contributed by atoms with Crippen molar-refractivity contribution in [3.8, 4) is 0 Å². The number of nitrogens with zero attached hydrogens (tertiary/aromatic N) is 1. The van der Waals surface area contributed by atoms with E-state index in [-0.39, 0.29) is 0 Å². The van der Waals surface area contributed by atoms with Crippen LogP contribution in [0.15, 0.2) is 24.3 Å². The number of quaternary nitrogens is 1. The van der Waals surface area contributed by atoms with E-state index in [9.17, 15) is 0 Å². The zero-order valence-corrected chi connectivity index (χ0v) is 9.08. The van der Waals surface area contributed by atoms with Crippen molar-refractivity contribution >= 4 is 26.5 Å². The predicted octanol–water partition coefficient (Wildman–Crippen LogP) is -0.126. The molecule has 1 nitrogen and oxygen atoms in total. The minimum atomic E-state index is -3.70. The molecular weight excluding hydrogens is 197 g/mol. The van der Waals surface area contributed by atoms with E-state index in [1.54, 1.807) is 12.1 Å². The molecule has 1 rings (SSSR count). The van der Waals surface area contributed by atoms with Gasteiger partial charge in [0.15, 0.2) is 0 Å². The van der Waals surface area contributed by atoms with Crippen LogP contribution in [0.1, 0.15) is 0 Å². The first-order valence-electron chi connectivity index (χ1n) is 4.95. The number of benzene rings is 1. The van der Waals surface area contributed by atoms with Gasteiger partial charge in [0.05, 0.1) is 0 Å². The molecule has 0 spiro atoms. The predicted molar refractivity (Wildman–Crippen MR) is 55.6 cm³/mol. The Bertz CT molecular complexity index is 277. The van der Waals surface area contributed by atoms with E-state index in [1.165, 1.54) is 0 Å². The van der Waals surface area contributed by atoms with Gasteiger partial charge in [-0.25, -0.2) is 0 Å². The molecule has 0 saturated carbocycles. The molecule has 0 N–H and O–H groups in total. The third kappa shape index (κ3) is 2.35. The zero-order chi connectivity index (χ0) is 11.0. The van der Waals surface area contributed by atoms with Crippen molar-refractivity contribution in [2.75, 3.05) is 21.1 Å². The van der Waals surface area contributed by atoms with E-state index >= 15 is 0 Å². The standard InChI is InChI=1S/C9H16AsN/c1-11(2,3)9-6-4-8(10)5-7-9/h4-7H,1-3,10H3/q+1/i10D3. The van der Waals surface area contributed by atoms with Gasteiger partial charge in [-0.15, -0.1) is 0 Å². The number of hydrogen-bond acceptors (Lipinski definition) is 0. The van der Waals surface area contributed by atoms with Gasteiger partial charge in [-0.3, -0.25) is 0 Å². The van der Waals surface area contributed by atoms with Crippen LogP contribution in [-0.4, -0.2) is 40.3 Å². The Hall–Kier alpha value is -0.262. The summed E-state index contributed by atoms with van der Waals surface area (Å²) in [5, 5.41) is 0. The van der Waals surface area contributed by atoms with Crippen molar-refractivity contribution in [3.63, 3.8) is 0 Å². The van der Waals surface area contributed by atoms with Crippen LogP contribution in [-0.2, 0) is 0 Å². The monoisotopic (exact) mass is 216 g/mol. The third-order valence-corrected chi connectivity index (χ3v) is 2.25. The first kappa shape index (κ1) is 5.40. The van der Waals surface area contributed by atoms with Crippen LogP contribution in [0.4, 0.5) is 5.69 Å². The van der Waals surface area contributed by atoms with E-state index in [0.717, 1.165) is 5.69 Å². The van der Waals surface area contributed by atoms with Crippen molar-refractivity contribution in [1.82, 2.24) is 4.48 Å². The fourth-order valence-electron chi connectivity index (χ4n) is 0.900. The van der Waals surface area contributed by atoms with Gasteiger partial charge in [-0.1, -0.05) is 0 Å². The van der Waals surface area contributed by atoms with E-state index in [1.807, 2.05) is 12.1 Å². The topological polar surface area (TPSA) is 0 Å². The first-order chi connectivity index (χ1) is 6.21. The Kier molecular flexibility index (Phi) is 1.47. The Morgan fingerprint density at radius 2 is 1.73 bits per heavy atom. The number of hydrogen-bond donors (Lipinski definition) is 0. The maximum absolute atomic E-state index is 7.40. The van der Waals surface area contributed by atoms with Crippen molar-refractivity contribution in [2.24, 2.45) is 0 Å². The van der Waals surface area contributed by atoms with Gasteiger partial charge in [0.2, 0.25) is 0 Å². The second-order valence-electron chi connectivity index (χ2n) is 3.53. The quantitative estimate of drug-likeness (QED) is 0.477. The zero-order valence-electron chi connectivity index (χ0n) is 10.2. The second kappa shape index (κ2) is 3.00. The molecule has 2 heteroatoms. The molecular formula is C9H16AsN+. The molecule has 0 heterocycles. The second-order valence-corrected chi connectivity index (χ2v) is 4.61. The Labute approximate surface area is 79.6 Å². The van der Waals surface area contributed by atoms with Gasteiger partial charge in [0.25, 0.3) is 0 Å². The summed E-state index contributed by atoms with van der Waals surface area (Å²) in [6.45, 7) is 0. The van der Waals surface area contributed by atoms with Crippen LogP contribution < -0.4 is 8.83 Å². The van der Waals surface area contributed by atoms with Gasteiger partial charge >= 0.3 is 79.1 Å². The van der Waals surface area contributed by atoms with Crippen molar-refractivity contribution < 1.29 is 0 Å². The van der Waals surface area contributed by atoms with Gasteiger partial charge in [-0.05, 0) is 0 Å². The van der Waals surface area contributed by atoms with Crippen LogP contribution in [0.3, 0.4) is 0 Å². The van der Waals surface area contributed by atoms with Crippen LogP contribution in [0.5, 0.6) is 0 Å². The Balaban J connectivity index is 3.02. The summed E-state index contributed by atoms with van der Waals surface area (Å²) >= 11 is -3.70. The number of rotatable bonds is 2. The van der Waals surface area contributed by atoms with E-state index in [4.69, 9.17) is 2.73 Å². The van der Waals surface area contributed by atoms with E-state index in [2.05, 4.69) is 21.1 Å². The van der Waals surface area contributed by atoms with Gasteiger partial charge in [0, 0.05) is 0 Å². The van der Waals surface area contributed by atoms with Gasteiger partial charge in [-0.2, -0.15) is 0 Å². The molecule has 1 aromatic rings. The fraction of sp³-hybridized carbons (Fsp3) is 0.333. The summed E-state index contributed by atoms with van der Waals surface area (Å²) in [7, 11) is 6.18. The minimum absolute atomic E-state index is 0.570. The maximum atomic E-state index is 7.40. The summed E-state index contributed by atoms with van der Waals surface area (Å²) in [5.41, 5.74) is 1.12. The molecule has 11 heavy (non-hydrogen) atoms. The van der Waals surface area contributed by atoms with Crippen molar-refractivity contribution in [2.45, 2.75) is 0 Å². The summed E-state index contributed by atoms with van der Waals surface area (Å²) in [6.07, 6.45) is 0. The molecule has 61 valence electrons.